The van der Waals surface area contributed by atoms with Gasteiger partial charge in [0, 0.05) is 40.7 Å². The van der Waals surface area contributed by atoms with Crippen LogP contribution < -0.4 is 9.62 Å². The van der Waals surface area contributed by atoms with Crippen molar-refractivity contribution < 1.29 is 22.9 Å². The van der Waals surface area contributed by atoms with E-state index < -0.39 is 44.9 Å². The molecular formula is C30H34Cl2N4O6S. The van der Waals surface area contributed by atoms with Crippen molar-refractivity contribution in [2.75, 3.05) is 17.1 Å². The van der Waals surface area contributed by atoms with Crippen molar-refractivity contribution in [3.8, 4) is 0 Å². The molecule has 3 aromatic carbocycles. The van der Waals surface area contributed by atoms with E-state index in [0.29, 0.717) is 16.1 Å². The molecule has 0 radical (unpaired) electrons. The minimum atomic E-state index is -4.11. The molecular weight excluding hydrogens is 615 g/mol. The zero-order valence-corrected chi connectivity index (χ0v) is 26.8. The van der Waals surface area contributed by atoms with E-state index in [4.69, 9.17) is 23.2 Å². The van der Waals surface area contributed by atoms with E-state index in [1.165, 1.54) is 23.1 Å². The van der Waals surface area contributed by atoms with E-state index in [1.807, 2.05) is 51.1 Å². The summed E-state index contributed by atoms with van der Waals surface area (Å²) in [6.45, 7) is 6.15. The second kappa shape index (κ2) is 13.7. The Balaban J connectivity index is 2.15. The first-order valence-corrected chi connectivity index (χ1v) is 15.9. The highest BCUT2D eigenvalue weighted by molar-refractivity contribution is 7.92. The number of non-ortho nitro benzene ring substituents is 1. The lowest BCUT2D eigenvalue weighted by Gasteiger charge is -2.35. The summed E-state index contributed by atoms with van der Waals surface area (Å²) in [6, 6.07) is 16.5. The van der Waals surface area contributed by atoms with E-state index in [-0.39, 0.29) is 29.4 Å². The highest BCUT2D eigenvalue weighted by Gasteiger charge is 2.35. The quantitative estimate of drug-likeness (QED) is 0.215. The molecule has 1 atom stereocenters. The maximum atomic E-state index is 14.2. The number of sulfonamides is 1. The van der Waals surface area contributed by atoms with Crippen molar-refractivity contribution in [2.24, 2.45) is 0 Å². The average molecular weight is 650 g/mol. The van der Waals surface area contributed by atoms with E-state index in [0.717, 1.165) is 22.2 Å². The number of nitrogens with zero attached hydrogens (tertiary/aromatic N) is 3. The number of nitro benzene ring substituents is 1. The van der Waals surface area contributed by atoms with Crippen LogP contribution >= 0.6 is 23.2 Å². The van der Waals surface area contributed by atoms with Crippen LogP contribution in [0.2, 0.25) is 10.0 Å². The maximum Gasteiger partial charge on any atom is 0.271 e. The average Bonchev–Trinajstić information content (AvgIpc) is 2.89. The number of benzene rings is 3. The van der Waals surface area contributed by atoms with Gasteiger partial charge in [-0.15, -0.1) is 0 Å². The Morgan fingerprint density at radius 2 is 1.67 bits per heavy atom. The van der Waals surface area contributed by atoms with Crippen molar-refractivity contribution >= 4 is 56.4 Å². The number of hydrogen-bond acceptors (Lipinski definition) is 6. The van der Waals surface area contributed by atoms with Gasteiger partial charge in [-0.25, -0.2) is 8.42 Å². The Morgan fingerprint density at radius 3 is 2.23 bits per heavy atom. The second-order valence-corrected chi connectivity index (χ2v) is 14.0. The molecule has 0 spiro atoms. The van der Waals surface area contributed by atoms with E-state index in [9.17, 15) is 28.1 Å². The summed E-state index contributed by atoms with van der Waals surface area (Å²) in [5, 5.41) is 15.0. The monoisotopic (exact) mass is 648 g/mol. The molecule has 0 aliphatic carbocycles. The Labute approximate surface area is 261 Å². The molecule has 13 heteroatoms. The summed E-state index contributed by atoms with van der Waals surface area (Å²) in [5.41, 5.74) is 0.663. The maximum absolute atomic E-state index is 14.2. The van der Waals surface area contributed by atoms with Crippen LogP contribution in [-0.4, -0.2) is 54.4 Å². The van der Waals surface area contributed by atoms with Crippen LogP contribution in [-0.2, 0) is 32.6 Å². The van der Waals surface area contributed by atoms with E-state index >= 15 is 0 Å². The first-order chi connectivity index (χ1) is 20.0. The van der Waals surface area contributed by atoms with Crippen molar-refractivity contribution in [3.63, 3.8) is 0 Å². The van der Waals surface area contributed by atoms with Gasteiger partial charge in [0.05, 0.1) is 16.9 Å². The molecule has 0 aromatic heterocycles. The smallest absolute Gasteiger partial charge is 0.271 e. The molecule has 230 valence electrons. The number of anilines is 1. The van der Waals surface area contributed by atoms with Crippen LogP contribution in [0.4, 0.5) is 11.4 Å². The largest absolute Gasteiger partial charge is 0.350 e. The van der Waals surface area contributed by atoms with Gasteiger partial charge >= 0.3 is 0 Å². The number of amides is 2. The van der Waals surface area contributed by atoms with E-state index in [1.54, 1.807) is 19.1 Å². The number of nitrogens with one attached hydrogen (secondary N) is 1. The van der Waals surface area contributed by atoms with Gasteiger partial charge in [0.1, 0.15) is 12.6 Å². The SMILES string of the molecule is Cc1ccc([N+](=O)[O-])cc1N(CC(=O)N(Cc1ccc(Cl)cc1Cl)[C@@H](Cc1ccccc1)C(=O)NC(C)(C)C)S(C)(=O)=O. The van der Waals surface area contributed by atoms with Gasteiger partial charge in [-0.3, -0.25) is 24.0 Å². The number of aryl methyl sites for hydroxylation is 1. The number of carbonyl (C=O) groups is 2. The zero-order valence-electron chi connectivity index (χ0n) is 24.5. The highest BCUT2D eigenvalue weighted by atomic mass is 35.5. The molecule has 3 aromatic rings. The minimum Gasteiger partial charge on any atom is -0.350 e. The fourth-order valence-corrected chi connectivity index (χ4v) is 5.78. The summed E-state index contributed by atoms with van der Waals surface area (Å²) in [5.74, 6) is -1.17. The van der Waals surface area contributed by atoms with Crippen molar-refractivity contribution in [3.05, 3.63) is 104 Å². The lowest BCUT2D eigenvalue weighted by atomic mass is 10.0. The van der Waals surface area contributed by atoms with Crippen LogP contribution in [0, 0.1) is 17.0 Å². The predicted octanol–water partition coefficient (Wildman–Crippen LogP) is 5.53. The Morgan fingerprint density at radius 1 is 1.02 bits per heavy atom. The van der Waals surface area contributed by atoms with Gasteiger partial charge in [-0.2, -0.15) is 0 Å². The van der Waals surface area contributed by atoms with E-state index in [2.05, 4.69) is 5.32 Å². The predicted molar refractivity (Wildman–Crippen MR) is 169 cm³/mol. The molecule has 1 N–H and O–H groups in total. The first kappa shape index (κ1) is 33.8. The molecule has 0 saturated heterocycles. The lowest BCUT2D eigenvalue weighted by Crippen LogP contribution is -2.56. The number of carbonyl (C=O) groups excluding carboxylic acids is 2. The van der Waals surface area contributed by atoms with Gasteiger partial charge in [0.2, 0.25) is 21.8 Å². The second-order valence-electron chi connectivity index (χ2n) is 11.2. The van der Waals surface area contributed by atoms with Gasteiger partial charge in [0.15, 0.2) is 0 Å². The number of nitro groups is 1. The standard InChI is InChI=1S/C30H34Cl2N4O6S/c1-20-11-14-24(36(39)40)17-26(20)35(43(5,41)42)19-28(37)34(18-22-12-13-23(31)16-25(22)32)27(29(38)33-30(2,3)4)15-21-9-7-6-8-10-21/h6-14,16-17,27H,15,18-19H2,1-5H3,(H,33,38)/t27-/m0/s1. The van der Waals surface area contributed by atoms with Crippen LogP contribution in [0.15, 0.2) is 66.7 Å². The molecule has 10 nitrogen and oxygen atoms in total. The van der Waals surface area contributed by atoms with Gasteiger partial charge in [-0.1, -0.05) is 65.7 Å². The molecule has 3 rings (SSSR count). The Kier molecular flexibility index (Phi) is 10.8. The van der Waals surface area contributed by atoms with Gasteiger partial charge in [0.25, 0.3) is 5.69 Å². The molecule has 2 amide bonds. The normalized spacial score (nSPS) is 12.3. The molecule has 43 heavy (non-hydrogen) atoms. The zero-order chi connectivity index (χ0) is 32.1. The van der Waals surface area contributed by atoms with Crippen molar-refractivity contribution in [1.29, 1.82) is 0 Å². The Hall–Kier alpha value is -3.67. The topological polar surface area (TPSA) is 130 Å². The summed E-state index contributed by atoms with van der Waals surface area (Å²) in [6.07, 6.45) is 1.03. The molecule has 0 bridgehead atoms. The molecule has 0 aliphatic rings. The minimum absolute atomic E-state index is 0.0201. The van der Waals surface area contributed by atoms with Crippen LogP contribution in [0.25, 0.3) is 0 Å². The molecule has 0 aliphatic heterocycles. The van der Waals surface area contributed by atoms with Crippen molar-refractivity contribution in [1.82, 2.24) is 10.2 Å². The molecule has 0 fully saturated rings. The lowest BCUT2D eigenvalue weighted by molar-refractivity contribution is -0.384. The highest BCUT2D eigenvalue weighted by Crippen LogP contribution is 2.29. The number of halogens is 2. The Bertz CT molecular complexity index is 1610. The summed E-state index contributed by atoms with van der Waals surface area (Å²) in [7, 11) is -4.11. The first-order valence-electron chi connectivity index (χ1n) is 13.3. The fraction of sp³-hybridized carbons (Fsp3) is 0.333. The third-order valence-electron chi connectivity index (χ3n) is 6.48. The van der Waals surface area contributed by atoms with Crippen molar-refractivity contribution in [2.45, 2.75) is 52.2 Å². The summed E-state index contributed by atoms with van der Waals surface area (Å²) >= 11 is 12.6. The molecule has 0 unspecified atom stereocenters. The molecule has 0 saturated carbocycles. The summed E-state index contributed by atoms with van der Waals surface area (Å²) < 4.78 is 26.9. The summed E-state index contributed by atoms with van der Waals surface area (Å²) in [4.78, 5) is 40.1. The van der Waals surface area contributed by atoms with Crippen LogP contribution in [0.5, 0.6) is 0 Å². The van der Waals surface area contributed by atoms with Gasteiger partial charge in [-0.05, 0) is 56.5 Å². The van der Waals surface area contributed by atoms with Crippen LogP contribution in [0.1, 0.15) is 37.5 Å². The van der Waals surface area contributed by atoms with Gasteiger partial charge < -0.3 is 10.2 Å². The van der Waals surface area contributed by atoms with Crippen LogP contribution in [0.3, 0.4) is 0 Å². The number of rotatable bonds is 11. The third kappa shape index (κ3) is 9.41. The molecule has 0 heterocycles. The fourth-order valence-electron chi connectivity index (χ4n) is 4.42. The third-order valence-corrected chi connectivity index (χ3v) is 8.19. The number of hydrogen-bond donors (Lipinski definition) is 1.